The molecule has 2 aromatic rings. The maximum atomic E-state index is 13.5. The van der Waals surface area contributed by atoms with Crippen molar-refractivity contribution in [2.45, 2.75) is 20.3 Å². The summed E-state index contributed by atoms with van der Waals surface area (Å²) in [5, 5.41) is 0. The van der Waals surface area contributed by atoms with Crippen molar-refractivity contribution in [2.75, 3.05) is 0 Å². The first-order valence-electron chi connectivity index (χ1n) is 6.03. The third-order valence-electron chi connectivity index (χ3n) is 3.29. The summed E-state index contributed by atoms with van der Waals surface area (Å²) in [7, 11) is 0. The SMILES string of the molecule is Cc1cccc(C(=O)Cc2cccc(F)c2F)c1C. The number of hydrogen-bond donors (Lipinski definition) is 0. The third kappa shape index (κ3) is 2.70. The summed E-state index contributed by atoms with van der Waals surface area (Å²) in [5.41, 5.74) is 2.53. The lowest BCUT2D eigenvalue weighted by Crippen LogP contribution is -2.08. The van der Waals surface area contributed by atoms with E-state index in [9.17, 15) is 13.6 Å². The van der Waals surface area contributed by atoms with E-state index in [1.807, 2.05) is 19.9 Å². The zero-order valence-corrected chi connectivity index (χ0v) is 10.8. The fourth-order valence-electron chi connectivity index (χ4n) is 2.01. The Hall–Kier alpha value is -2.03. The topological polar surface area (TPSA) is 17.1 Å². The van der Waals surface area contributed by atoms with Gasteiger partial charge in [0.1, 0.15) is 0 Å². The largest absolute Gasteiger partial charge is 0.294 e. The monoisotopic (exact) mass is 260 g/mol. The molecule has 19 heavy (non-hydrogen) atoms. The van der Waals surface area contributed by atoms with Crippen molar-refractivity contribution in [3.8, 4) is 0 Å². The van der Waals surface area contributed by atoms with E-state index in [1.165, 1.54) is 12.1 Å². The quantitative estimate of drug-likeness (QED) is 0.762. The van der Waals surface area contributed by atoms with Gasteiger partial charge in [-0.15, -0.1) is 0 Å². The number of benzene rings is 2. The van der Waals surface area contributed by atoms with Crippen LogP contribution >= 0.6 is 0 Å². The molecule has 0 radical (unpaired) electrons. The van der Waals surface area contributed by atoms with Crippen molar-refractivity contribution in [1.82, 2.24) is 0 Å². The molecule has 0 aliphatic rings. The Labute approximate surface area is 110 Å². The molecule has 0 aliphatic heterocycles. The van der Waals surface area contributed by atoms with Gasteiger partial charge in [-0.2, -0.15) is 0 Å². The minimum absolute atomic E-state index is 0.0888. The van der Waals surface area contributed by atoms with Crippen molar-refractivity contribution >= 4 is 5.78 Å². The van der Waals surface area contributed by atoms with Crippen LogP contribution in [0.25, 0.3) is 0 Å². The maximum absolute atomic E-state index is 13.5. The fraction of sp³-hybridized carbons (Fsp3) is 0.188. The van der Waals surface area contributed by atoms with E-state index in [2.05, 4.69) is 0 Å². The molecule has 0 fully saturated rings. The number of Topliss-reactive ketones (excluding diaryl/α,β-unsaturated/α-hetero) is 1. The fourth-order valence-corrected chi connectivity index (χ4v) is 2.01. The Morgan fingerprint density at radius 1 is 1.05 bits per heavy atom. The van der Waals surface area contributed by atoms with Crippen LogP contribution in [0.5, 0.6) is 0 Å². The van der Waals surface area contributed by atoms with Gasteiger partial charge in [-0.3, -0.25) is 4.79 Å². The van der Waals surface area contributed by atoms with E-state index in [0.29, 0.717) is 5.56 Å². The Bertz CT molecular complexity index is 633. The molecule has 0 heterocycles. The van der Waals surface area contributed by atoms with Crippen LogP contribution in [0.2, 0.25) is 0 Å². The summed E-state index contributed by atoms with van der Waals surface area (Å²) in [6.45, 7) is 3.76. The number of hydrogen-bond acceptors (Lipinski definition) is 1. The van der Waals surface area contributed by atoms with E-state index >= 15 is 0 Å². The molecule has 2 aromatic carbocycles. The standard InChI is InChI=1S/C16H14F2O/c1-10-5-3-7-13(11(10)2)15(19)9-12-6-4-8-14(17)16(12)18/h3-8H,9H2,1-2H3. The molecular formula is C16H14F2O. The van der Waals surface area contributed by atoms with Crippen molar-refractivity contribution in [1.29, 1.82) is 0 Å². The molecule has 98 valence electrons. The smallest absolute Gasteiger partial charge is 0.167 e. The number of ketones is 1. The molecule has 0 bridgehead atoms. The van der Waals surface area contributed by atoms with Crippen molar-refractivity contribution in [3.05, 3.63) is 70.3 Å². The van der Waals surface area contributed by atoms with Crippen molar-refractivity contribution in [3.63, 3.8) is 0 Å². The van der Waals surface area contributed by atoms with Gasteiger partial charge in [-0.05, 0) is 36.6 Å². The first-order chi connectivity index (χ1) is 9.00. The number of carbonyl (C=O) groups is 1. The predicted octanol–water partition coefficient (Wildman–Crippen LogP) is 4.01. The van der Waals surface area contributed by atoms with Crippen LogP contribution in [0.15, 0.2) is 36.4 Å². The van der Waals surface area contributed by atoms with Gasteiger partial charge in [0.15, 0.2) is 17.4 Å². The maximum Gasteiger partial charge on any atom is 0.167 e. The number of aryl methyl sites for hydroxylation is 1. The van der Waals surface area contributed by atoms with Crippen LogP contribution in [-0.2, 0) is 6.42 Å². The van der Waals surface area contributed by atoms with E-state index in [4.69, 9.17) is 0 Å². The highest BCUT2D eigenvalue weighted by molar-refractivity contribution is 5.99. The van der Waals surface area contributed by atoms with Crippen LogP contribution < -0.4 is 0 Å². The molecule has 2 rings (SSSR count). The van der Waals surface area contributed by atoms with Crippen LogP contribution in [0.1, 0.15) is 27.0 Å². The van der Waals surface area contributed by atoms with Crippen LogP contribution in [-0.4, -0.2) is 5.78 Å². The minimum atomic E-state index is -0.943. The molecule has 0 aliphatic carbocycles. The Kier molecular flexibility index (Phi) is 3.74. The average molecular weight is 260 g/mol. The lowest BCUT2D eigenvalue weighted by Gasteiger charge is -2.08. The van der Waals surface area contributed by atoms with Gasteiger partial charge in [-0.25, -0.2) is 8.78 Å². The van der Waals surface area contributed by atoms with E-state index in [-0.39, 0.29) is 17.8 Å². The summed E-state index contributed by atoms with van der Waals surface area (Å²) >= 11 is 0. The zero-order chi connectivity index (χ0) is 14.0. The molecule has 0 spiro atoms. The molecular weight excluding hydrogens is 246 g/mol. The number of halogens is 2. The average Bonchev–Trinajstić information content (AvgIpc) is 2.38. The van der Waals surface area contributed by atoms with Crippen LogP contribution in [0, 0.1) is 25.5 Å². The van der Waals surface area contributed by atoms with E-state index < -0.39 is 11.6 Å². The molecule has 0 saturated carbocycles. The summed E-state index contributed by atoms with van der Waals surface area (Å²) in [5.74, 6) is -2.07. The highest BCUT2D eigenvalue weighted by Crippen LogP contribution is 2.18. The van der Waals surface area contributed by atoms with Gasteiger partial charge in [0, 0.05) is 12.0 Å². The second-order valence-corrected chi connectivity index (χ2v) is 4.56. The summed E-state index contributed by atoms with van der Waals surface area (Å²) in [6.07, 6.45) is -0.131. The minimum Gasteiger partial charge on any atom is -0.294 e. The van der Waals surface area contributed by atoms with Crippen LogP contribution in [0.4, 0.5) is 8.78 Å². The molecule has 0 atom stereocenters. The Balaban J connectivity index is 2.31. The van der Waals surface area contributed by atoms with Gasteiger partial charge in [-0.1, -0.05) is 30.3 Å². The molecule has 1 nitrogen and oxygen atoms in total. The molecule has 3 heteroatoms. The molecule has 0 unspecified atom stereocenters. The van der Waals surface area contributed by atoms with Gasteiger partial charge in [0.25, 0.3) is 0 Å². The zero-order valence-electron chi connectivity index (χ0n) is 10.8. The molecule has 0 amide bonds. The van der Waals surface area contributed by atoms with Gasteiger partial charge in [0.05, 0.1) is 0 Å². The second-order valence-electron chi connectivity index (χ2n) is 4.56. The van der Waals surface area contributed by atoms with Crippen molar-refractivity contribution < 1.29 is 13.6 Å². The highest BCUT2D eigenvalue weighted by atomic mass is 19.2. The summed E-state index contributed by atoms with van der Waals surface area (Å²) in [4.78, 5) is 12.2. The lowest BCUT2D eigenvalue weighted by atomic mass is 9.96. The third-order valence-corrected chi connectivity index (χ3v) is 3.29. The number of rotatable bonds is 3. The highest BCUT2D eigenvalue weighted by Gasteiger charge is 2.15. The van der Waals surface area contributed by atoms with E-state index in [0.717, 1.165) is 17.2 Å². The predicted molar refractivity (Wildman–Crippen MR) is 70.3 cm³/mol. The first-order valence-corrected chi connectivity index (χ1v) is 6.03. The first kappa shape index (κ1) is 13.4. The number of carbonyl (C=O) groups excluding carboxylic acids is 1. The summed E-state index contributed by atoms with van der Waals surface area (Å²) < 4.78 is 26.6. The Morgan fingerprint density at radius 3 is 2.47 bits per heavy atom. The van der Waals surface area contributed by atoms with Gasteiger partial charge >= 0.3 is 0 Å². The second kappa shape index (κ2) is 5.31. The van der Waals surface area contributed by atoms with Gasteiger partial charge < -0.3 is 0 Å². The van der Waals surface area contributed by atoms with Crippen LogP contribution in [0.3, 0.4) is 0 Å². The molecule has 0 saturated heterocycles. The van der Waals surface area contributed by atoms with E-state index in [1.54, 1.807) is 12.1 Å². The normalized spacial score (nSPS) is 10.5. The molecule has 0 aromatic heterocycles. The van der Waals surface area contributed by atoms with Crippen molar-refractivity contribution in [2.24, 2.45) is 0 Å². The Morgan fingerprint density at radius 2 is 1.74 bits per heavy atom. The summed E-state index contributed by atoms with van der Waals surface area (Å²) in [6, 6.07) is 9.29. The molecule has 0 N–H and O–H groups in total. The van der Waals surface area contributed by atoms with Gasteiger partial charge in [0.2, 0.25) is 0 Å². The lowest BCUT2D eigenvalue weighted by molar-refractivity contribution is 0.0991.